The number of amides is 1. The first-order chi connectivity index (χ1) is 13.6. The minimum Gasteiger partial charge on any atom is -0.382 e. The van der Waals surface area contributed by atoms with Crippen LogP contribution in [0.25, 0.3) is 0 Å². The van der Waals surface area contributed by atoms with Gasteiger partial charge in [-0.2, -0.15) is 0 Å². The first-order valence-electron chi connectivity index (χ1n) is 10.2. The van der Waals surface area contributed by atoms with Crippen molar-refractivity contribution >= 4 is 11.6 Å². The topological polar surface area (TPSA) is 35.6 Å². The highest BCUT2D eigenvalue weighted by molar-refractivity contribution is 5.94. The number of rotatable bonds is 7. The van der Waals surface area contributed by atoms with E-state index in [2.05, 4.69) is 10.2 Å². The maximum atomic E-state index is 13.0. The van der Waals surface area contributed by atoms with Gasteiger partial charge in [-0.3, -0.25) is 9.69 Å². The van der Waals surface area contributed by atoms with Crippen LogP contribution in [0.1, 0.15) is 42.6 Å². The van der Waals surface area contributed by atoms with Crippen LogP contribution >= 0.6 is 0 Å². The standard InChI is InChI=1S/C23H30FN3O/c1-3-27(4-2)23(28)19-7-11-21(12-8-19)25-22-13-15-26(16-14-22)17-18-5-9-20(24)10-6-18/h5-12,22,25H,3-4,13-17H2,1-2H3. The van der Waals surface area contributed by atoms with E-state index in [1.807, 2.05) is 55.1 Å². The average Bonchev–Trinajstić information content (AvgIpc) is 2.72. The third kappa shape index (κ3) is 5.32. The van der Waals surface area contributed by atoms with Gasteiger partial charge in [0, 0.05) is 50.0 Å². The van der Waals surface area contributed by atoms with Crippen molar-refractivity contribution in [2.24, 2.45) is 0 Å². The van der Waals surface area contributed by atoms with Crippen molar-refractivity contribution in [3.63, 3.8) is 0 Å². The van der Waals surface area contributed by atoms with Crippen molar-refractivity contribution in [2.45, 2.75) is 39.3 Å². The molecule has 1 fully saturated rings. The van der Waals surface area contributed by atoms with E-state index in [0.717, 1.165) is 62.4 Å². The summed E-state index contributed by atoms with van der Waals surface area (Å²) in [5.74, 6) is -0.0953. The van der Waals surface area contributed by atoms with Crippen molar-refractivity contribution in [1.82, 2.24) is 9.80 Å². The number of anilines is 1. The molecule has 28 heavy (non-hydrogen) atoms. The lowest BCUT2D eigenvalue weighted by atomic mass is 10.0. The number of piperidine rings is 1. The quantitative estimate of drug-likeness (QED) is 0.770. The van der Waals surface area contributed by atoms with Crippen LogP contribution in [0.4, 0.5) is 10.1 Å². The number of carbonyl (C=O) groups is 1. The summed E-state index contributed by atoms with van der Waals surface area (Å²) in [5.41, 5.74) is 2.96. The third-order valence-electron chi connectivity index (χ3n) is 5.46. The molecule has 1 amide bonds. The molecule has 0 aliphatic carbocycles. The molecule has 1 heterocycles. The Balaban J connectivity index is 1.48. The fourth-order valence-electron chi connectivity index (χ4n) is 3.72. The van der Waals surface area contributed by atoms with Gasteiger partial charge in [0.15, 0.2) is 0 Å². The number of benzene rings is 2. The van der Waals surface area contributed by atoms with Crippen molar-refractivity contribution in [3.8, 4) is 0 Å². The Kier molecular flexibility index (Phi) is 7.04. The monoisotopic (exact) mass is 383 g/mol. The van der Waals surface area contributed by atoms with Gasteiger partial charge in [0.2, 0.25) is 0 Å². The predicted octanol–water partition coefficient (Wildman–Crippen LogP) is 4.38. The van der Waals surface area contributed by atoms with Crippen LogP contribution in [0.2, 0.25) is 0 Å². The first-order valence-corrected chi connectivity index (χ1v) is 10.2. The van der Waals surface area contributed by atoms with E-state index in [9.17, 15) is 9.18 Å². The lowest BCUT2D eigenvalue weighted by Gasteiger charge is -2.33. The number of nitrogens with zero attached hydrogens (tertiary/aromatic N) is 2. The lowest BCUT2D eigenvalue weighted by Crippen LogP contribution is -2.38. The van der Waals surface area contributed by atoms with E-state index in [1.165, 1.54) is 12.1 Å². The molecular weight excluding hydrogens is 353 g/mol. The average molecular weight is 384 g/mol. The summed E-state index contributed by atoms with van der Waals surface area (Å²) in [5, 5.41) is 3.59. The Morgan fingerprint density at radius 2 is 1.64 bits per heavy atom. The van der Waals surface area contributed by atoms with E-state index >= 15 is 0 Å². The molecule has 150 valence electrons. The molecule has 1 saturated heterocycles. The SMILES string of the molecule is CCN(CC)C(=O)c1ccc(NC2CCN(Cc3ccc(F)cc3)CC2)cc1. The molecule has 0 bridgehead atoms. The van der Waals surface area contributed by atoms with E-state index < -0.39 is 0 Å². The third-order valence-corrected chi connectivity index (χ3v) is 5.46. The number of hydrogen-bond acceptors (Lipinski definition) is 3. The van der Waals surface area contributed by atoms with Gasteiger partial charge in [-0.1, -0.05) is 12.1 Å². The van der Waals surface area contributed by atoms with Gasteiger partial charge < -0.3 is 10.2 Å². The van der Waals surface area contributed by atoms with Gasteiger partial charge in [-0.05, 0) is 68.7 Å². The molecule has 5 heteroatoms. The zero-order valence-corrected chi connectivity index (χ0v) is 16.8. The lowest BCUT2D eigenvalue weighted by molar-refractivity contribution is 0.0773. The number of likely N-dealkylation sites (tertiary alicyclic amines) is 1. The van der Waals surface area contributed by atoms with Gasteiger partial charge in [0.05, 0.1) is 0 Å². The van der Waals surface area contributed by atoms with Gasteiger partial charge in [-0.15, -0.1) is 0 Å². The van der Waals surface area contributed by atoms with Crippen LogP contribution in [0.15, 0.2) is 48.5 Å². The Morgan fingerprint density at radius 1 is 1.04 bits per heavy atom. The fraction of sp³-hybridized carbons (Fsp3) is 0.435. The Morgan fingerprint density at radius 3 is 2.21 bits per heavy atom. The molecule has 2 aromatic rings. The minimum absolute atomic E-state index is 0.0886. The van der Waals surface area contributed by atoms with Gasteiger partial charge >= 0.3 is 0 Å². The summed E-state index contributed by atoms with van der Waals surface area (Å²) >= 11 is 0. The molecule has 0 radical (unpaired) electrons. The number of nitrogens with one attached hydrogen (secondary N) is 1. The van der Waals surface area contributed by atoms with Crippen molar-refractivity contribution in [3.05, 3.63) is 65.5 Å². The summed E-state index contributed by atoms with van der Waals surface area (Å²) in [4.78, 5) is 16.6. The zero-order chi connectivity index (χ0) is 19.9. The second-order valence-electron chi connectivity index (χ2n) is 7.38. The first kappa shape index (κ1) is 20.3. The molecule has 0 aromatic heterocycles. The highest BCUT2D eigenvalue weighted by Gasteiger charge is 2.19. The highest BCUT2D eigenvalue weighted by atomic mass is 19.1. The van der Waals surface area contributed by atoms with Crippen molar-refractivity contribution in [1.29, 1.82) is 0 Å². The molecule has 0 atom stereocenters. The molecule has 0 spiro atoms. The minimum atomic E-state index is -0.184. The number of halogens is 1. The highest BCUT2D eigenvalue weighted by Crippen LogP contribution is 2.19. The van der Waals surface area contributed by atoms with Crippen molar-refractivity contribution in [2.75, 3.05) is 31.5 Å². The summed E-state index contributed by atoms with van der Waals surface area (Å²) in [6.07, 6.45) is 2.14. The van der Waals surface area contributed by atoms with E-state index in [-0.39, 0.29) is 11.7 Å². The molecule has 0 saturated carbocycles. The predicted molar refractivity (Wildman–Crippen MR) is 112 cm³/mol. The summed E-state index contributed by atoms with van der Waals surface area (Å²) in [6.45, 7) is 8.37. The maximum absolute atomic E-state index is 13.0. The molecular formula is C23H30FN3O. The van der Waals surface area contributed by atoms with Crippen LogP contribution in [-0.2, 0) is 6.54 Å². The van der Waals surface area contributed by atoms with Gasteiger partial charge in [0.25, 0.3) is 5.91 Å². The van der Waals surface area contributed by atoms with Crippen LogP contribution < -0.4 is 5.32 Å². The number of hydrogen-bond donors (Lipinski definition) is 1. The number of carbonyl (C=O) groups excluding carboxylic acids is 1. The zero-order valence-electron chi connectivity index (χ0n) is 16.8. The smallest absolute Gasteiger partial charge is 0.253 e. The second kappa shape index (κ2) is 9.69. The second-order valence-corrected chi connectivity index (χ2v) is 7.38. The molecule has 0 unspecified atom stereocenters. The molecule has 3 rings (SSSR count). The van der Waals surface area contributed by atoms with Crippen molar-refractivity contribution < 1.29 is 9.18 Å². The van der Waals surface area contributed by atoms with Crippen LogP contribution in [-0.4, -0.2) is 47.9 Å². The summed E-state index contributed by atoms with van der Waals surface area (Å²) in [6, 6.07) is 15.0. The summed E-state index contributed by atoms with van der Waals surface area (Å²) in [7, 11) is 0. The molecule has 1 aliphatic heterocycles. The van der Waals surface area contributed by atoms with Crippen LogP contribution in [0, 0.1) is 5.82 Å². The van der Waals surface area contributed by atoms with E-state index in [4.69, 9.17) is 0 Å². The fourth-order valence-corrected chi connectivity index (χ4v) is 3.72. The Hall–Kier alpha value is -2.40. The van der Waals surface area contributed by atoms with E-state index in [0.29, 0.717) is 6.04 Å². The molecule has 4 nitrogen and oxygen atoms in total. The maximum Gasteiger partial charge on any atom is 0.253 e. The molecule has 1 N–H and O–H groups in total. The molecule has 2 aromatic carbocycles. The summed E-state index contributed by atoms with van der Waals surface area (Å²) < 4.78 is 13.0. The normalized spacial score (nSPS) is 15.4. The van der Waals surface area contributed by atoms with Crippen LogP contribution in [0.3, 0.4) is 0 Å². The Labute approximate surface area is 167 Å². The molecule has 1 aliphatic rings. The van der Waals surface area contributed by atoms with Crippen LogP contribution in [0.5, 0.6) is 0 Å². The Bertz CT molecular complexity index is 748. The largest absolute Gasteiger partial charge is 0.382 e. The van der Waals surface area contributed by atoms with Gasteiger partial charge in [0.1, 0.15) is 5.82 Å². The van der Waals surface area contributed by atoms with E-state index in [1.54, 1.807) is 0 Å². The van der Waals surface area contributed by atoms with Gasteiger partial charge in [-0.25, -0.2) is 4.39 Å².